The van der Waals surface area contributed by atoms with Crippen molar-refractivity contribution >= 4 is 39.2 Å². The number of aromatic nitrogens is 2. The number of thioether (sulfide) groups is 1. The highest BCUT2D eigenvalue weighted by Crippen LogP contribution is 2.37. The van der Waals surface area contributed by atoms with Crippen LogP contribution >= 0.6 is 23.1 Å². The smallest absolute Gasteiger partial charge is 0.345 e. The summed E-state index contributed by atoms with van der Waals surface area (Å²) in [7, 11) is 0. The second-order valence-corrected chi connectivity index (χ2v) is 5.45. The average molecular weight is 253 g/mol. The van der Waals surface area contributed by atoms with E-state index in [2.05, 4.69) is 15.3 Å². The Morgan fingerprint density at radius 3 is 3.12 bits per heavy atom. The third-order valence-electron chi connectivity index (χ3n) is 2.26. The number of amides is 1. The molecule has 0 bridgehead atoms. The van der Waals surface area contributed by atoms with Crippen LogP contribution in [0.4, 0.5) is 0 Å². The van der Waals surface area contributed by atoms with E-state index in [-0.39, 0.29) is 11.6 Å². The van der Waals surface area contributed by atoms with Crippen LogP contribution in [0.5, 0.6) is 0 Å². The fourth-order valence-corrected chi connectivity index (χ4v) is 3.83. The van der Waals surface area contributed by atoms with Gasteiger partial charge < -0.3 is 10.3 Å². The largest absolute Gasteiger partial charge is 0.350 e. The van der Waals surface area contributed by atoms with Gasteiger partial charge in [0.25, 0.3) is 5.91 Å². The zero-order chi connectivity index (χ0) is 11.1. The van der Waals surface area contributed by atoms with E-state index in [1.54, 1.807) is 11.8 Å². The minimum absolute atomic E-state index is 0.0675. The summed E-state index contributed by atoms with van der Waals surface area (Å²) in [6, 6.07) is 0. The molecule has 0 saturated carbocycles. The number of nitrogens with one attached hydrogen (secondary N) is 2. The van der Waals surface area contributed by atoms with Gasteiger partial charge in [-0.1, -0.05) is 0 Å². The average Bonchev–Trinajstić information content (AvgIpc) is 2.52. The molecule has 3 heterocycles. The van der Waals surface area contributed by atoms with Gasteiger partial charge in [0.05, 0.1) is 21.3 Å². The van der Waals surface area contributed by atoms with Crippen molar-refractivity contribution in [2.45, 2.75) is 4.90 Å². The third kappa shape index (κ3) is 1.43. The Morgan fingerprint density at radius 2 is 2.25 bits per heavy atom. The van der Waals surface area contributed by atoms with Crippen LogP contribution in [0.25, 0.3) is 10.2 Å². The van der Waals surface area contributed by atoms with E-state index in [9.17, 15) is 9.59 Å². The van der Waals surface area contributed by atoms with Crippen molar-refractivity contribution in [2.24, 2.45) is 0 Å². The molecule has 5 nitrogen and oxygen atoms in total. The molecule has 0 unspecified atom stereocenters. The van der Waals surface area contributed by atoms with Crippen molar-refractivity contribution in [3.8, 4) is 0 Å². The number of aromatic amines is 1. The van der Waals surface area contributed by atoms with Crippen molar-refractivity contribution < 1.29 is 4.79 Å². The lowest BCUT2D eigenvalue weighted by atomic mass is 10.4. The molecule has 0 saturated heterocycles. The molecule has 2 aromatic heterocycles. The number of carbonyl (C=O) groups is 1. The van der Waals surface area contributed by atoms with E-state index in [0.717, 1.165) is 20.9 Å². The maximum atomic E-state index is 11.7. The number of thiophene rings is 1. The summed E-state index contributed by atoms with van der Waals surface area (Å²) < 4.78 is 0.842. The number of hydrogen-bond acceptors (Lipinski definition) is 5. The molecule has 0 spiro atoms. The highest BCUT2D eigenvalue weighted by atomic mass is 32.2. The van der Waals surface area contributed by atoms with Gasteiger partial charge in [-0.15, -0.1) is 23.1 Å². The molecule has 3 rings (SSSR count). The van der Waals surface area contributed by atoms with Gasteiger partial charge in [0, 0.05) is 12.3 Å². The molecule has 7 heteroatoms. The molecule has 0 aromatic carbocycles. The van der Waals surface area contributed by atoms with Crippen LogP contribution in [0.1, 0.15) is 9.67 Å². The normalized spacial score (nSPS) is 15.6. The molecule has 1 aliphatic rings. The summed E-state index contributed by atoms with van der Waals surface area (Å²) in [6.07, 6.45) is 1.52. The standard InChI is InChI=1S/C9H7N3O2S2/c13-8-7-6(15-2-1-10-8)5-4(16-7)3-11-9(14)12-5/h3H,1-2H2,(H,10,13)(H,11,12,14). The summed E-state index contributed by atoms with van der Waals surface area (Å²) in [4.78, 5) is 30.8. The highest BCUT2D eigenvalue weighted by molar-refractivity contribution is 7.99. The Morgan fingerprint density at radius 1 is 1.38 bits per heavy atom. The molecule has 1 aliphatic heterocycles. The minimum Gasteiger partial charge on any atom is -0.350 e. The molecule has 16 heavy (non-hydrogen) atoms. The Kier molecular flexibility index (Phi) is 2.22. The molecule has 82 valence electrons. The first-order valence-electron chi connectivity index (χ1n) is 4.68. The van der Waals surface area contributed by atoms with Crippen LogP contribution in [0.2, 0.25) is 0 Å². The molecule has 2 aromatic rings. The Bertz CT molecular complexity index is 631. The Balaban J connectivity index is 2.34. The van der Waals surface area contributed by atoms with Gasteiger partial charge in [0.2, 0.25) is 0 Å². The fourth-order valence-electron chi connectivity index (χ4n) is 1.58. The number of hydrogen-bond donors (Lipinski definition) is 2. The number of fused-ring (bicyclic) bond motifs is 3. The molecule has 0 radical (unpaired) electrons. The van der Waals surface area contributed by atoms with Crippen LogP contribution in [-0.2, 0) is 0 Å². The minimum atomic E-state index is -0.377. The fraction of sp³-hybridized carbons (Fsp3) is 0.222. The summed E-state index contributed by atoms with van der Waals surface area (Å²) in [5.74, 6) is 0.747. The quantitative estimate of drug-likeness (QED) is 0.729. The van der Waals surface area contributed by atoms with Crippen molar-refractivity contribution in [3.63, 3.8) is 0 Å². The monoisotopic (exact) mass is 253 g/mol. The van der Waals surface area contributed by atoms with Gasteiger partial charge in [0.15, 0.2) is 0 Å². The van der Waals surface area contributed by atoms with E-state index in [4.69, 9.17) is 0 Å². The number of H-pyrrole nitrogens is 1. The molecule has 0 fully saturated rings. The zero-order valence-corrected chi connectivity index (χ0v) is 9.70. The van der Waals surface area contributed by atoms with E-state index in [1.807, 2.05) is 0 Å². The molecule has 0 atom stereocenters. The topological polar surface area (TPSA) is 74.8 Å². The van der Waals surface area contributed by atoms with Gasteiger partial charge >= 0.3 is 5.69 Å². The predicted molar refractivity (Wildman–Crippen MR) is 63.3 cm³/mol. The number of rotatable bonds is 0. The molecule has 2 N–H and O–H groups in total. The highest BCUT2D eigenvalue weighted by Gasteiger charge is 2.21. The maximum absolute atomic E-state index is 11.7. The van der Waals surface area contributed by atoms with Crippen molar-refractivity contribution in [3.05, 3.63) is 21.6 Å². The third-order valence-corrected chi connectivity index (χ3v) is 4.62. The lowest BCUT2D eigenvalue weighted by Gasteiger charge is -1.95. The summed E-state index contributed by atoms with van der Waals surface area (Å²) >= 11 is 2.95. The summed E-state index contributed by atoms with van der Waals surface area (Å²) in [6.45, 7) is 0.654. The lowest BCUT2D eigenvalue weighted by Crippen LogP contribution is -2.22. The molecular formula is C9H7N3O2S2. The Hall–Kier alpha value is -1.34. The zero-order valence-electron chi connectivity index (χ0n) is 8.07. The van der Waals surface area contributed by atoms with Gasteiger partial charge in [-0.2, -0.15) is 0 Å². The predicted octanol–water partition coefficient (Wildman–Crippen LogP) is 0.820. The van der Waals surface area contributed by atoms with Crippen LogP contribution in [0.3, 0.4) is 0 Å². The second kappa shape index (κ2) is 3.60. The maximum Gasteiger partial charge on any atom is 0.345 e. The van der Waals surface area contributed by atoms with E-state index in [1.165, 1.54) is 17.5 Å². The van der Waals surface area contributed by atoms with Crippen LogP contribution in [0.15, 0.2) is 15.9 Å². The Labute approximate surface area is 98.3 Å². The van der Waals surface area contributed by atoms with Gasteiger partial charge in [-0.3, -0.25) is 4.79 Å². The van der Waals surface area contributed by atoms with Gasteiger partial charge in [0.1, 0.15) is 4.88 Å². The van der Waals surface area contributed by atoms with Crippen molar-refractivity contribution in [1.82, 2.24) is 15.3 Å². The molecule has 1 amide bonds. The van der Waals surface area contributed by atoms with Crippen LogP contribution < -0.4 is 11.0 Å². The molecule has 0 aliphatic carbocycles. The molecular weight excluding hydrogens is 246 g/mol. The van der Waals surface area contributed by atoms with Crippen molar-refractivity contribution in [2.75, 3.05) is 12.3 Å². The second-order valence-electron chi connectivity index (χ2n) is 3.29. The van der Waals surface area contributed by atoms with E-state index >= 15 is 0 Å². The first-order chi connectivity index (χ1) is 7.75. The van der Waals surface area contributed by atoms with Gasteiger partial charge in [-0.25, -0.2) is 9.78 Å². The lowest BCUT2D eigenvalue weighted by molar-refractivity contribution is 0.0959. The summed E-state index contributed by atoms with van der Waals surface area (Å²) in [5, 5.41) is 2.81. The van der Waals surface area contributed by atoms with Crippen molar-refractivity contribution in [1.29, 1.82) is 0 Å². The first kappa shape index (κ1) is 9.86. The van der Waals surface area contributed by atoms with E-state index < -0.39 is 0 Å². The number of carbonyl (C=O) groups excluding carboxylic acids is 1. The van der Waals surface area contributed by atoms with Crippen LogP contribution in [0, 0.1) is 0 Å². The number of nitrogens with zero attached hydrogens (tertiary/aromatic N) is 1. The SMILES string of the molecule is O=C1NCCSc2c1sc1cnc(=O)[nH]c21. The summed E-state index contributed by atoms with van der Waals surface area (Å²) in [5.41, 5.74) is 0.361. The first-order valence-corrected chi connectivity index (χ1v) is 6.49. The van der Waals surface area contributed by atoms with Gasteiger partial charge in [-0.05, 0) is 0 Å². The van der Waals surface area contributed by atoms with E-state index in [0.29, 0.717) is 11.4 Å². The van der Waals surface area contributed by atoms with Crippen LogP contribution in [-0.4, -0.2) is 28.2 Å².